The molecule has 2 aliphatic heterocycles. The lowest BCUT2D eigenvalue weighted by Crippen LogP contribution is -2.52. The SMILES string of the molecule is Cc1ccc2c(N3CCN(CCc4cccc5c4CCc4c(C(N)=O)ncn4-5)[C@H](C)C3)cccc2n1. The monoisotopic (exact) mass is 480 g/mol. The number of pyridine rings is 1. The largest absolute Gasteiger partial charge is 0.368 e. The van der Waals surface area contributed by atoms with E-state index in [-0.39, 0.29) is 0 Å². The summed E-state index contributed by atoms with van der Waals surface area (Å²) >= 11 is 0. The molecule has 0 aliphatic carbocycles. The van der Waals surface area contributed by atoms with Crippen LogP contribution >= 0.6 is 0 Å². The normalized spacial score (nSPS) is 17.7. The van der Waals surface area contributed by atoms with E-state index in [9.17, 15) is 4.79 Å². The van der Waals surface area contributed by atoms with Gasteiger partial charge in [0.2, 0.25) is 0 Å². The number of primary amides is 1. The number of rotatable bonds is 5. The van der Waals surface area contributed by atoms with Crippen LogP contribution in [0.15, 0.2) is 54.9 Å². The average Bonchev–Trinajstić information content (AvgIpc) is 3.32. The van der Waals surface area contributed by atoms with Crippen LogP contribution in [0, 0.1) is 6.92 Å². The molecular weight excluding hydrogens is 448 g/mol. The minimum Gasteiger partial charge on any atom is -0.368 e. The number of hydrogen-bond acceptors (Lipinski definition) is 5. The number of benzene rings is 2. The Hall–Kier alpha value is -3.71. The van der Waals surface area contributed by atoms with Gasteiger partial charge in [-0.15, -0.1) is 0 Å². The van der Waals surface area contributed by atoms with Gasteiger partial charge in [-0.1, -0.05) is 18.2 Å². The molecule has 1 atom stereocenters. The van der Waals surface area contributed by atoms with E-state index in [1.54, 1.807) is 6.33 Å². The maximum absolute atomic E-state index is 11.7. The van der Waals surface area contributed by atoms with E-state index in [0.29, 0.717) is 11.7 Å². The van der Waals surface area contributed by atoms with Crippen LogP contribution < -0.4 is 10.6 Å². The van der Waals surface area contributed by atoms with Gasteiger partial charge in [-0.25, -0.2) is 4.98 Å². The summed E-state index contributed by atoms with van der Waals surface area (Å²) in [6.45, 7) is 8.48. The van der Waals surface area contributed by atoms with Crippen LogP contribution in [0.1, 0.15) is 39.9 Å². The van der Waals surface area contributed by atoms with Crippen molar-refractivity contribution in [1.82, 2.24) is 19.4 Å². The van der Waals surface area contributed by atoms with E-state index in [4.69, 9.17) is 10.7 Å². The first-order chi connectivity index (χ1) is 17.5. The fourth-order valence-corrected chi connectivity index (χ4v) is 5.97. The summed E-state index contributed by atoms with van der Waals surface area (Å²) in [6, 6.07) is 17.7. The second-order valence-electron chi connectivity index (χ2n) is 10.1. The van der Waals surface area contributed by atoms with E-state index in [0.717, 1.165) is 68.0 Å². The zero-order chi connectivity index (χ0) is 24.8. The summed E-state index contributed by atoms with van der Waals surface area (Å²) in [5, 5.41) is 1.23. The highest BCUT2D eigenvalue weighted by Gasteiger charge is 2.27. The number of anilines is 1. The van der Waals surface area contributed by atoms with Gasteiger partial charge in [0, 0.05) is 49.0 Å². The summed E-state index contributed by atoms with van der Waals surface area (Å²) in [5.74, 6) is -0.452. The second-order valence-corrected chi connectivity index (χ2v) is 10.1. The Kier molecular flexibility index (Phi) is 5.72. The van der Waals surface area contributed by atoms with Crippen molar-refractivity contribution in [2.24, 2.45) is 5.73 Å². The van der Waals surface area contributed by atoms with Crippen molar-refractivity contribution in [1.29, 1.82) is 0 Å². The molecule has 2 aromatic carbocycles. The van der Waals surface area contributed by atoms with Gasteiger partial charge >= 0.3 is 0 Å². The highest BCUT2D eigenvalue weighted by molar-refractivity contribution is 5.92. The zero-order valence-corrected chi connectivity index (χ0v) is 20.9. The lowest BCUT2D eigenvalue weighted by molar-refractivity contribution is 0.0995. The quantitative estimate of drug-likeness (QED) is 0.471. The lowest BCUT2D eigenvalue weighted by Gasteiger charge is -2.41. The Morgan fingerprint density at radius 2 is 1.89 bits per heavy atom. The maximum Gasteiger partial charge on any atom is 0.269 e. The predicted octanol–water partition coefficient (Wildman–Crippen LogP) is 3.68. The Morgan fingerprint density at radius 3 is 2.72 bits per heavy atom. The van der Waals surface area contributed by atoms with Gasteiger partial charge < -0.3 is 15.2 Å². The highest BCUT2D eigenvalue weighted by Crippen LogP contribution is 2.31. The van der Waals surface area contributed by atoms with Gasteiger partial charge in [-0.3, -0.25) is 14.7 Å². The van der Waals surface area contributed by atoms with E-state index >= 15 is 0 Å². The molecule has 2 N–H and O–H groups in total. The Balaban J connectivity index is 1.16. The zero-order valence-electron chi connectivity index (χ0n) is 20.9. The summed E-state index contributed by atoms with van der Waals surface area (Å²) in [4.78, 5) is 25.9. The van der Waals surface area contributed by atoms with E-state index in [2.05, 4.69) is 70.2 Å². The molecule has 184 valence electrons. The topological polar surface area (TPSA) is 80.3 Å². The van der Waals surface area contributed by atoms with Crippen molar-refractivity contribution < 1.29 is 4.79 Å². The van der Waals surface area contributed by atoms with Crippen LogP contribution in [0.4, 0.5) is 5.69 Å². The first-order valence-corrected chi connectivity index (χ1v) is 12.8. The molecule has 7 nitrogen and oxygen atoms in total. The van der Waals surface area contributed by atoms with E-state index in [1.165, 1.54) is 22.2 Å². The number of hydrogen-bond donors (Lipinski definition) is 1. The first kappa shape index (κ1) is 22.7. The summed E-state index contributed by atoms with van der Waals surface area (Å²) < 4.78 is 2.05. The predicted molar refractivity (Wildman–Crippen MR) is 143 cm³/mol. The number of piperazine rings is 1. The minimum atomic E-state index is -0.452. The third kappa shape index (κ3) is 3.93. The molecule has 0 radical (unpaired) electrons. The number of aromatic nitrogens is 3. The number of fused-ring (bicyclic) bond motifs is 4. The molecule has 1 fully saturated rings. The number of nitrogens with two attached hydrogens (primary N) is 1. The molecule has 4 heterocycles. The second kappa shape index (κ2) is 9.06. The number of aryl methyl sites for hydroxylation is 1. The van der Waals surface area contributed by atoms with Crippen molar-refractivity contribution in [3.63, 3.8) is 0 Å². The van der Waals surface area contributed by atoms with Crippen molar-refractivity contribution in [3.8, 4) is 5.69 Å². The average molecular weight is 481 g/mol. The molecule has 0 bridgehead atoms. The molecule has 0 unspecified atom stereocenters. The maximum atomic E-state index is 11.7. The van der Waals surface area contributed by atoms with Gasteiger partial charge in [-0.2, -0.15) is 0 Å². The molecule has 4 aromatic rings. The van der Waals surface area contributed by atoms with Crippen molar-refractivity contribution in [2.45, 2.75) is 39.2 Å². The minimum absolute atomic E-state index is 0.398. The molecule has 1 saturated heterocycles. The Morgan fingerprint density at radius 1 is 1.06 bits per heavy atom. The van der Waals surface area contributed by atoms with Crippen LogP contribution in [0.3, 0.4) is 0 Å². The van der Waals surface area contributed by atoms with Crippen molar-refractivity contribution in [2.75, 3.05) is 31.1 Å². The van der Waals surface area contributed by atoms with Crippen LogP contribution in [-0.2, 0) is 19.3 Å². The Labute approximate surface area is 211 Å². The van der Waals surface area contributed by atoms with Crippen molar-refractivity contribution >= 4 is 22.5 Å². The highest BCUT2D eigenvalue weighted by atomic mass is 16.1. The molecule has 0 spiro atoms. The van der Waals surface area contributed by atoms with Gasteiger partial charge in [-0.05, 0) is 74.6 Å². The number of carbonyl (C=O) groups excluding carboxylic acids is 1. The number of amides is 1. The molecule has 0 saturated carbocycles. The standard InChI is InChI=1S/C29H32N6O/c1-19-9-10-23-24(32-19)6-4-7-25(23)34-16-15-33(20(2)17-34)14-13-21-5-3-8-26-22(21)11-12-27-28(29(30)36)31-18-35(26)27/h3-10,18,20H,11-17H2,1-2H3,(H2,30,36)/t20-/m1/s1. The van der Waals surface area contributed by atoms with E-state index in [1.807, 2.05) is 11.5 Å². The van der Waals surface area contributed by atoms with Gasteiger partial charge in [0.1, 0.15) is 12.0 Å². The van der Waals surface area contributed by atoms with Crippen LogP contribution in [0.2, 0.25) is 0 Å². The molecule has 36 heavy (non-hydrogen) atoms. The fourth-order valence-electron chi connectivity index (χ4n) is 5.97. The van der Waals surface area contributed by atoms with Crippen LogP contribution in [0.25, 0.3) is 16.6 Å². The van der Waals surface area contributed by atoms with Crippen LogP contribution in [-0.4, -0.2) is 57.6 Å². The van der Waals surface area contributed by atoms with Gasteiger partial charge in [0.05, 0.1) is 16.9 Å². The lowest BCUT2D eigenvalue weighted by atomic mass is 9.93. The van der Waals surface area contributed by atoms with Gasteiger partial charge in [0.15, 0.2) is 0 Å². The third-order valence-electron chi connectivity index (χ3n) is 7.84. The van der Waals surface area contributed by atoms with Crippen LogP contribution in [0.5, 0.6) is 0 Å². The molecule has 7 heteroatoms. The number of imidazole rings is 1. The molecular formula is C29H32N6O. The molecule has 6 rings (SSSR count). The van der Waals surface area contributed by atoms with Gasteiger partial charge in [0.25, 0.3) is 5.91 Å². The third-order valence-corrected chi connectivity index (χ3v) is 7.84. The summed E-state index contributed by atoms with van der Waals surface area (Å²) in [5.41, 5.74) is 14.1. The van der Waals surface area contributed by atoms with E-state index < -0.39 is 5.91 Å². The number of carbonyl (C=O) groups is 1. The summed E-state index contributed by atoms with van der Waals surface area (Å²) in [6.07, 6.45) is 4.45. The van der Waals surface area contributed by atoms with Crippen molar-refractivity contribution in [3.05, 3.63) is 83.1 Å². The Bertz CT molecular complexity index is 1460. The summed E-state index contributed by atoms with van der Waals surface area (Å²) in [7, 11) is 0. The first-order valence-electron chi connectivity index (χ1n) is 12.8. The number of nitrogens with zero attached hydrogens (tertiary/aromatic N) is 5. The molecule has 2 aliphatic rings. The smallest absolute Gasteiger partial charge is 0.269 e. The fraction of sp³-hybridized carbons (Fsp3) is 0.345. The molecule has 1 amide bonds. The molecule has 2 aromatic heterocycles.